The molecule has 0 spiro atoms. The summed E-state index contributed by atoms with van der Waals surface area (Å²) >= 11 is 0. The minimum atomic E-state index is -3.69. The van der Waals surface area contributed by atoms with E-state index < -0.39 is 27.4 Å². The molecule has 0 amide bonds. The average Bonchev–Trinajstić information content (AvgIpc) is 2.54. The minimum absolute atomic E-state index is 0.0928. The van der Waals surface area contributed by atoms with Gasteiger partial charge in [0, 0.05) is 19.2 Å². The number of ether oxygens (including phenoxy) is 1. The third-order valence-electron chi connectivity index (χ3n) is 3.87. The molecule has 1 aliphatic heterocycles. The van der Waals surface area contributed by atoms with Crippen LogP contribution in [0.5, 0.6) is 0 Å². The Labute approximate surface area is 139 Å². The number of nitrogens with zero attached hydrogens (tertiary/aromatic N) is 1. The molecule has 24 heavy (non-hydrogen) atoms. The van der Waals surface area contributed by atoms with Gasteiger partial charge in [0.05, 0.1) is 18.5 Å². The second-order valence-electron chi connectivity index (χ2n) is 5.66. The van der Waals surface area contributed by atoms with Crippen molar-refractivity contribution in [1.82, 2.24) is 4.31 Å². The number of morpholine rings is 1. The van der Waals surface area contributed by atoms with Crippen LogP contribution in [-0.4, -0.2) is 32.4 Å². The van der Waals surface area contributed by atoms with Crippen molar-refractivity contribution >= 4 is 10.0 Å². The smallest absolute Gasteiger partial charge is 0.218 e. The molecule has 0 unspecified atom stereocenters. The summed E-state index contributed by atoms with van der Waals surface area (Å²) in [6.45, 7) is 0.684. The molecule has 3 rings (SSSR count). The Hall–Kier alpha value is -1.83. The van der Waals surface area contributed by atoms with E-state index in [4.69, 9.17) is 4.74 Å². The first kappa shape index (κ1) is 17.0. The number of rotatable bonds is 4. The van der Waals surface area contributed by atoms with Gasteiger partial charge in [-0.15, -0.1) is 0 Å². The highest BCUT2D eigenvalue weighted by Crippen LogP contribution is 2.25. The monoisotopic (exact) mass is 353 g/mol. The third kappa shape index (κ3) is 3.98. The summed E-state index contributed by atoms with van der Waals surface area (Å²) in [4.78, 5) is 0. The topological polar surface area (TPSA) is 46.6 Å². The van der Waals surface area contributed by atoms with Gasteiger partial charge in [-0.05, 0) is 23.3 Å². The van der Waals surface area contributed by atoms with E-state index in [1.165, 1.54) is 4.31 Å². The van der Waals surface area contributed by atoms with Crippen molar-refractivity contribution in [3.8, 4) is 0 Å². The second kappa shape index (κ2) is 6.96. The number of sulfonamides is 1. The van der Waals surface area contributed by atoms with E-state index in [1.807, 2.05) is 30.3 Å². The Morgan fingerprint density at radius 3 is 2.42 bits per heavy atom. The molecule has 0 N–H and O–H groups in total. The number of hydrogen-bond acceptors (Lipinski definition) is 3. The number of halogens is 2. The average molecular weight is 353 g/mol. The van der Waals surface area contributed by atoms with Crippen molar-refractivity contribution in [2.45, 2.75) is 11.9 Å². The fraction of sp³-hybridized carbons (Fsp3) is 0.294. The van der Waals surface area contributed by atoms with Crippen LogP contribution < -0.4 is 0 Å². The molecule has 128 valence electrons. The van der Waals surface area contributed by atoms with Crippen molar-refractivity contribution in [3.05, 3.63) is 71.3 Å². The van der Waals surface area contributed by atoms with E-state index in [9.17, 15) is 17.2 Å². The Bertz CT molecular complexity index is 792. The second-order valence-corrected chi connectivity index (χ2v) is 7.63. The predicted octanol–water partition coefficient (Wildman–Crippen LogP) is 2.87. The van der Waals surface area contributed by atoms with Crippen LogP contribution in [0, 0.1) is 11.6 Å². The van der Waals surface area contributed by atoms with Crippen molar-refractivity contribution in [2.75, 3.05) is 19.7 Å². The van der Waals surface area contributed by atoms with E-state index >= 15 is 0 Å². The first-order chi connectivity index (χ1) is 11.4. The zero-order chi connectivity index (χ0) is 17.2. The van der Waals surface area contributed by atoms with E-state index in [0.717, 1.165) is 23.8 Å². The zero-order valence-electron chi connectivity index (χ0n) is 12.9. The quantitative estimate of drug-likeness (QED) is 0.849. The third-order valence-corrected chi connectivity index (χ3v) is 5.68. The molecule has 1 fully saturated rings. The van der Waals surface area contributed by atoms with Crippen molar-refractivity contribution < 1.29 is 21.9 Å². The molecule has 7 heteroatoms. The van der Waals surface area contributed by atoms with Gasteiger partial charge in [0.15, 0.2) is 0 Å². The van der Waals surface area contributed by atoms with E-state index in [2.05, 4.69) is 0 Å². The maximum atomic E-state index is 13.3. The standard InChI is InChI=1S/C17H17F2NO3S/c18-15-8-13(9-16(19)10-15)12-24(21,22)20-6-7-23-17(11-20)14-4-2-1-3-5-14/h1-5,8-10,17H,6-7,11-12H2/t17-/m0/s1. The van der Waals surface area contributed by atoms with Gasteiger partial charge in [-0.25, -0.2) is 17.2 Å². The molecule has 1 saturated heterocycles. The molecule has 2 aromatic rings. The fourth-order valence-corrected chi connectivity index (χ4v) is 4.23. The lowest BCUT2D eigenvalue weighted by Crippen LogP contribution is -2.42. The maximum Gasteiger partial charge on any atom is 0.218 e. The van der Waals surface area contributed by atoms with Crippen LogP contribution in [0.1, 0.15) is 17.2 Å². The molecule has 0 saturated carbocycles. The summed E-state index contributed by atoms with van der Waals surface area (Å²) in [7, 11) is -3.69. The highest BCUT2D eigenvalue weighted by molar-refractivity contribution is 7.88. The lowest BCUT2D eigenvalue weighted by Gasteiger charge is -2.32. The first-order valence-electron chi connectivity index (χ1n) is 7.53. The molecule has 0 aliphatic carbocycles. The van der Waals surface area contributed by atoms with Gasteiger partial charge < -0.3 is 4.74 Å². The molecule has 0 bridgehead atoms. The Morgan fingerprint density at radius 2 is 1.75 bits per heavy atom. The molecule has 0 radical (unpaired) electrons. The van der Waals surface area contributed by atoms with Gasteiger partial charge in [-0.3, -0.25) is 0 Å². The highest BCUT2D eigenvalue weighted by Gasteiger charge is 2.30. The number of hydrogen-bond donors (Lipinski definition) is 0. The van der Waals surface area contributed by atoms with Gasteiger partial charge in [-0.2, -0.15) is 4.31 Å². The summed E-state index contributed by atoms with van der Waals surface area (Å²) < 4.78 is 58.6. The Kier molecular flexibility index (Phi) is 4.93. The van der Waals surface area contributed by atoms with E-state index in [0.29, 0.717) is 0 Å². The Balaban J connectivity index is 1.76. The van der Waals surface area contributed by atoms with Crippen LogP contribution in [-0.2, 0) is 20.5 Å². The fourth-order valence-electron chi connectivity index (χ4n) is 2.74. The van der Waals surface area contributed by atoms with Crippen LogP contribution in [0.15, 0.2) is 48.5 Å². The summed E-state index contributed by atoms with van der Waals surface area (Å²) in [6.07, 6.45) is -0.348. The van der Waals surface area contributed by atoms with Gasteiger partial charge in [0.25, 0.3) is 0 Å². The molecule has 4 nitrogen and oxygen atoms in total. The highest BCUT2D eigenvalue weighted by atomic mass is 32.2. The van der Waals surface area contributed by atoms with Crippen LogP contribution in [0.25, 0.3) is 0 Å². The molecule has 1 heterocycles. The van der Waals surface area contributed by atoms with Crippen LogP contribution in [0.3, 0.4) is 0 Å². The molecule has 1 atom stereocenters. The Morgan fingerprint density at radius 1 is 1.08 bits per heavy atom. The molecule has 1 aliphatic rings. The van der Waals surface area contributed by atoms with Crippen molar-refractivity contribution in [3.63, 3.8) is 0 Å². The van der Waals surface area contributed by atoms with Crippen LogP contribution in [0.2, 0.25) is 0 Å². The summed E-state index contributed by atoms with van der Waals surface area (Å²) in [6, 6.07) is 12.1. The van der Waals surface area contributed by atoms with Gasteiger partial charge in [0.2, 0.25) is 10.0 Å². The number of benzene rings is 2. The van der Waals surface area contributed by atoms with E-state index in [-0.39, 0.29) is 31.4 Å². The normalized spacial score (nSPS) is 19.3. The largest absolute Gasteiger partial charge is 0.371 e. The van der Waals surface area contributed by atoms with Gasteiger partial charge >= 0.3 is 0 Å². The summed E-state index contributed by atoms with van der Waals surface area (Å²) in [5, 5.41) is 0. The maximum absolute atomic E-state index is 13.3. The van der Waals surface area contributed by atoms with Gasteiger partial charge in [-0.1, -0.05) is 30.3 Å². The summed E-state index contributed by atoms with van der Waals surface area (Å²) in [5.74, 6) is -2.02. The van der Waals surface area contributed by atoms with Crippen molar-refractivity contribution in [1.29, 1.82) is 0 Å². The minimum Gasteiger partial charge on any atom is -0.371 e. The van der Waals surface area contributed by atoms with E-state index in [1.54, 1.807) is 0 Å². The molecular weight excluding hydrogens is 336 g/mol. The summed E-state index contributed by atoms with van der Waals surface area (Å²) in [5.41, 5.74) is 0.990. The molecule has 2 aromatic carbocycles. The van der Waals surface area contributed by atoms with Crippen molar-refractivity contribution in [2.24, 2.45) is 0 Å². The lowest BCUT2D eigenvalue weighted by atomic mass is 10.1. The van der Waals surface area contributed by atoms with Crippen LogP contribution in [0.4, 0.5) is 8.78 Å². The predicted molar refractivity (Wildman–Crippen MR) is 85.7 cm³/mol. The first-order valence-corrected chi connectivity index (χ1v) is 9.14. The van der Waals surface area contributed by atoms with Crippen LogP contribution >= 0.6 is 0 Å². The molecular formula is C17H17F2NO3S. The van der Waals surface area contributed by atoms with Gasteiger partial charge in [0.1, 0.15) is 11.6 Å². The lowest BCUT2D eigenvalue weighted by molar-refractivity contribution is -0.00260. The molecule has 0 aromatic heterocycles. The zero-order valence-corrected chi connectivity index (χ0v) is 13.7. The SMILES string of the molecule is O=S(=O)(Cc1cc(F)cc(F)c1)N1CCO[C@H](c2ccccc2)C1.